The maximum absolute atomic E-state index is 12.1. The Morgan fingerprint density at radius 1 is 1.11 bits per heavy atom. The maximum Gasteiger partial charge on any atom is 0.184 e. The van der Waals surface area contributed by atoms with Crippen LogP contribution in [0.4, 0.5) is 0 Å². The number of alkyl halides is 1. The van der Waals surface area contributed by atoms with Crippen molar-refractivity contribution in [3.8, 4) is 0 Å². The zero-order valence-electron chi connectivity index (χ0n) is 9.24. The monoisotopic (exact) mass is 366 g/mol. The molecule has 0 bridgehead atoms. The van der Waals surface area contributed by atoms with Gasteiger partial charge in [-0.25, -0.2) is 0 Å². The van der Waals surface area contributed by atoms with Gasteiger partial charge >= 0.3 is 0 Å². The van der Waals surface area contributed by atoms with E-state index in [9.17, 15) is 9.59 Å². The first-order valence-electron chi connectivity index (χ1n) is 5.50. The molecule has 90 valence electrons. The van der Waals surface area contributed by atoms with Crippen LogP contribution >= 0.6 is 31.9 Å². The molecule has 1 aliphatic rings. The van der Waals surface area contributed by atoms with Crippen molar-refractivity contribution in [1.82, 2.24) is 0 Å². The number of carbonyl (C=O) groups excluding carboxylic acids is 2. The summed E-state index contributed by atoms with van der Waals surface area (Å²) in [6.07, 6.45) is 0.315. The first-order chi connectivity index (χ1) is 8.58. The topological polar surface area (TPSA) is 34.1 Å². The highest BCUT2D eigenvalue weighted by Crippen LogP contribution is 2.31. The van der Waals surface area contributed by atoms with Crippen molar-refractivity contribution in [2.75, 3.05) is 0 Å². The van der Waals surface area contributed by atoms with E-state index >= 15 is 0 Å². The third-order valence-electron chi connectivity index (χ3n) is 3.22. The first kappa shape index (κ1) is 12.1. The predicted molar refractivity (Wildman–Crippen MR) is 77.4 cm³/mol. The van der Waals surface area contributed by atoms with E-state index in [-0.39, 0.29) is 11.6 Å². The van der Waals surface area contributed by atoms with Crippen molar-refractivity contribution >= 4 is 54.2 Å². The molecule has 2 aromatic rings. The minimum atomic E-state index is -0.683. The molecule has 0 radical (unpaired) electrons. The lowest BCUT2D eigenvalue weighted by molar-refractivity contribution is -0.117. The van der Waals surface area contributed by atoms with Crippen molar-refractivity contribution in [2.24, 2.45) is 0 Å². The average molecular weight is 368 g/mol. The van der Waals surface area contributed by atoms with Crippen LogP contribution < -0.4 is 0 Å². The summed E-state index contributed by atoms with van der Waals surface area (Å²) in [4.78, 5) is 23.2. The van der Waals surface area contributed by atoms with Crippen molar-refractivity contribution < 1.29 is 9.59 Å². The van der Waals surface area contributed by atoms with Crippen molar-refractivity contribution in [1.29, 1.82) is 0 Å². The maximum atomic E-state index is 12.1. The zero-order chi connectivity index (χ0) is 12.9. The lowest BCUT2D eigenvalue weighted by Crippen LogP contribution is -2.32. The molecule has 0 aliphatic heterocycles. The number of carbonyl (C=O) groups is 2. The van der Waals surface area contributed by atoms with Gasteiger partial charge in [-0.05, 0) is 28.5 Å². The van der Waals surface area contributed by atoms with Gasteiger partial charge in [0.15, 0.2) is 11.6 Å². The number of fused-ring (bicyclic) bond motifs is 3. The van der Waals surface area contributed by atoms with Crippen LogP contribution in [0.1, 0.15) is 15.9 Å². The Bertz CT molecular complexity index is 691. The van der Waals surface area contributed by atoms with Crippen LogP contribution in [0.3, 0.4) is 0 Å². The Labute approximate surface area is 121 Å². The van der Waals surface area contributed by atoms with Crippen LogP contribution in [0.15, 0.2) is 34.8 Å². The largest absolute Gasteiger partial charge is 0.298 e. The first-order valence-corrected chi connectivity index (χ1v) is 7.21. The minimum Gasteiger partial charge on any atom is -0.298 e. The fourth-order valence-corrected chi connectivity index (χ4v) is 3.12. The van der Waals surface area contributed by atoms with Crippen molar-refractivity contribution in [3.63, 3.8) is 0 Å². The predicted octanol–water partition coefficient (Wildman–Crippen LogP) is 3.67. The lowest BCUT2D eigenvalue weighted by Gasteiger charge is -2.20. The van der Waals surface area contributed by atoms with E-state index in [1.807, 2.05) is 30.3 Å². The average Bonchev–Trinajstić information content (AvgIpc) is 2.35. The van der Waals surface area contributed by atoms with Gasteiger partial charge in [0.25, 0.3) is 0 Å². The Hall–Kier alpha value is -1.00. The van der Waals surface area contributed by atoms with E-state index in [1.54, 1.807) is 0 Å². The molecule has 0 saturated heterocycles. The molecule has 0 saturated carbocycles. The van der Waals surface area contributed by atoms with Crippen LogP contribution in [0, 0.1) is 0 Å². The van der Waals surface area contributed by atoms with Crippen LogP contribution in [0.25, 0.3) is 10.8 Å². The fraction of sp³-hybridized carbons (Fsp3) is 0.143. The van der Waals surface area contributed by atoms with Gasteiger partial charge in [-0.15, -0.1) is 0 Å². The van der Waals surface area contributed by atoms with Gasteiger partial charge in [0.05, 0.1) is 0 Å². The molecule has 3 rings (SSSR count). The second kappa shape index (κ2) is 4.28. The molecule has 1 aliphatic carbocycles. The highest BCUT2D eigenvalue weighted by molar-refractivity contribution is 9.10. The van der Waals surface area contributed by atoms with E-state index in [2.05, 4.69) is 31.9 Å². The molecule has 2 aromatic carbocycles. The molecule has 0 aromatic heterocycles. The number of rotatable bonds is 0. The van der Waals surface area contributed by atoms with Gasteiger partial charge in [0.1, 0.15) is 4.83 Å². The molecular weight excluding hydrogens is 360 g/mol. The molecule has 0 fully saturated rings. The standard InChI is InChI=1S/C14H8Br2O2/c15-8-2-4-9-7(5-8)1-3-10-11(9)6-12(17)13(16)14(10)18/h1-5,13H,6H2. The quantitative estimate of drug-likeness (QED) is 0.525. The lowest BCUT2D eigenvalue weighted by atomic mass is 9.86. The molecule has 0 amide bonds. The number of hydrogen-bond donors (Lipinski definition) is 0. The van der Waals surface area contributed by atoms with Gasteiger partial charge < -0.3 is 0 Å². The molecule has 1 unspecified atom stereocenters. The summed E-state index contributed by atoms with van der Waals surface area (Å²) < 4.78 is 0.988. The summed E-state index contributed by atoms with van der Waals surface area (Å²) >= 11 is 6.58. The van der Waals surface area contributed by atoms with Crippen molar-refractivity contribution in [2.45, 2.75) is 11.2 Å². The molecule has 0 spiro atoms. The number of halogens is 2. The Balaban J connectivity index is 2.33. The summed E-state index contributed by atoms with van der Waals surface area (Å²) in [7, 11) is 0. The summed E-state index contributed by atoms with van der Waals surface area (Å²) in [5, 5.41) is 2.02. The van der Waals surface area contributed by atoms with Crippen LogP contribution in [-0.4, -0.2) is 16.4 Å². The minimum absolute atomic E-state index is 0.0667. The third-order valence-corrected chi connectivity index (χ3v) is 4.64. The van der Waals surface area contributed by atoms with E-state index in [0.29, 0.717) is 12.0 Å². The molecule has 18 heavy (non-hydrogen) atoms. The summed E-state index contributed by atoms with van der Waals surface area (Å²) in [5.41, 5.74) is 1.51. The SMILES string of the molecule is O=C1Cc2c(ccc3cc(Br)ccc23)C(=O)C1Br. The number of ketones is 2. The fourth-order valence-electron chi connectivity index (χ4n) is 2.33. The highest BCUT2D eigenvalue weighted by Gasteiger charge is 2.32. The molecular formula is C14H8Br2O2. The summed E-state index contributed by atoms with van der Waals surface area (Å²) in [6, 6.07) is 9.61. The van der Waals surface area contributed by atoms with E-state index < -0.39 is 4.83 Å². The summed E-state index contributed by atoms with van der Waals surface area (Å²) in [5.74, 6) is -0.200. The Morgan fingerprint density at radius 3 is 2.67 bits per heavy atom. The van der Waals surface area contributed by atoms with Gasteiger partial charge in [-0.3, -0.25) is 9.59 Å². The van der Waals surface area contributed by atoms with Crippen molar-refractivity contribution in [3.05, 3.63) is 45.9 Å². The Morgan fingerprint density at radius 2 is 1.89 bits per heavy atom. The van der Waals surface area contributed by atoms with Crippen LogP contribution in [0.2, 0.25) is 0 Å². The van der Waals surface area contributed by atoms with Gasteiger partial charge in [0.2, 0.25) is 0 Å². The van der Waals surface area contributed by atoms with Crippen LogP contribution in [-0.2, 0) is 11.2 Å². The Kier molecular flexibility index (Phi) is 2.87. The second-order valence-electron chi connectivity index (χ2n) is 4.33. The third kappa shape index (κ3) is 1.75. The number of Topliss-reactive ketones (excluding diaryl/α,β-unsaturated/α-hetero) is 2. The van der Waals surface area contributed by atoms with E-state index in [4.69, 9.17) is 0 Å². The molecule has 4 heteroatoms. The number of benzene rings is 2. The number of hydrogen-bond acceptors (Lipinski definition) is 2. The van der Waals surface area contributed by atoms with Crippen LogP contribution in [0.5, 0.6) is 0 Å². The second-order valence-corrected chi connectivity index (χ2v) is 6.16. The van der Waals surface area contributed by atoms with Gasteiger partial charge in [-0.2, -0.15) is 0 Å². The zero-order valence-corrected chi connectivity index (χ0v) is 12.4. The molecule has 1 atom stereocenters. The van der Waals surface area contributed by atoms with E-state index in [0.717, 1.165) is 20.8 Å². The van der Waals surface area contributed by atoms with Gasteiger partial charge in [0, 0.05) is 16.5 Å². The van der Waals surface area contributed by atoms with Gasteiger partial charge in [-0.1, -0.05) is 50.1 Å². The smallest absolute Gasteiger partial charge is 0.184 e. The summed E-state index contributed by atoms with van der Waals surface area (Å²) in [6.45, 7) is 0. The normalized spacial score (nSPS) is 19.1. The van der Waals surface area contributed by atoms with E-state index in [1.165, 1.54) is 0 Å². The molecule has 2 nitrogen and oxygen atoms in total. The highest BCUT2D eigenvalue weighted by atomic mass is 79.9. The molecule has 0 heterocycles. The molecule has 0 N–H and O–H groups in total.